The molecule has 0 N–H and O–H groups in total. The van der Waals surface area contributed by atoms with Crippen LogP contribution in [0.3, 0.4) is 0 Å². The lowest BCUT2D eigenvalue weighted by Gasteiger charge is -2.32. The Morgan fingerprint density at radius 2 is 2.17 bits per heavy atom. The van der Waals surface area contributed by atoms with Crippen molar-refractivity contribution >= 4 is 0 Å². The summed E-state index contributed by atoms with van der Waals surface area (Å²) in [4.78, 5) is 0. The van der Waals surface area contributed by atoms with Crippen LogP contribution in [-0.2, 0) is 4.74 Å². The van der Waals surface area contributed by atoms with Gasteiger partial charge in [-0.25, -0.2) is 0 Å². The molecule has 0 spiro atoms. The summed E-state index contributed by atoms with van der Waals surface area (Å²) >= 11 is 0. The number of ether oxygens (including phenoxy) is 1. The Morgan fingerprint density at radius 1 is 1.25 bits per heavy atom. The van der Waals surface area contributed by atoms with E-state index in [9.17, 15) is 0 Å². The van der Waals surface area contributed by atoms with E-state index in [0.717, 1.165) is 17.8 Å². The van der Waals surface area contributed by atoms with Crippen molar-refractivity contribution in [2.75, 3.05) is 7.11 Å². The van der Waals surface area contributed by atoms with Crippen LogP contribution in [0, 0.1) is 17.8 Å². The SMILES string of the molecule is COC1=C2CC(C1)C1CC3=C2C31. The van der Waals surface area contributed by atoms with E-state index in [1.807, 2.05) is 7.11 Å². The van der Waals surface area contributed by atoms with E-state index in [0.29, 0.717) is 0 Å². The summed E-state index contributed by atoms with van der Waals surface area (Å²) in [5, 5.41) is 0. The first kappa shape index (κ1) is 5.85. The molecular weight excluding hydrogens is 148 g/mol. The summed E-state index contributed by atoms with van der Waals surface area (Å²) in [6.45, 7) is 0. The van der Waals surface area contributed by atoms with Crippen molar-refractivity contribution in [3.8, 4) is 0 Å². The van der Waals surface area contributed by atoms with Crippen molar-refractivity contribution < 1.29 is 4.74 Å². The van der Waals surface area contributed by atoms with Crippen LogP contribution in [0.15, 0.2) is 22.5 Å². The van der Waals surface area contributed by atoms with Crippen LogP contribution in [-0.4, -0.2) is 7.11 Å². The van der Waals surface area contributed by atoms with E-state index in [4.69, 9.17) is 4.74 Å². The molecule has 0 radical (unpaired) electrons. The molecule has 3 atom stereocenters. The highest BCUT2D eigenvalue weighted by Crippen LogP contribution is 2.72. The predicted octanol–water partition coefficient (Wildman–Crippen LogP) is 2.26. The van der Waals surface area contributed by atoms with Gasteiger partial charge in [0, 0.05) is 12.3 Å². The monoisotopic (exact) mass is 160 g/mol. The Kier molecular flexibility index (Phi) is 0.732. The quantitative estimate of drug-likeness (QED) is 0.571. The third-order valence-corrected chi connectivity index (χ3v) is 4.26. The smallest absolute Gasteiger partial charge is 0.0993 e. The number of hydrogen-bond donors (Lipinski definition) is 0. The van der Waals surface area contributed by atoms with Gasteiger partial charge in [-0.2, -0.15) is 0 Å². The molecule has 0 aliphatic heterocycles. The van der Waals surface area contributed by atoms with Crippen molar-refractivity contribution in [3.63, 3.8) is 0 Å². The zero-order valence-corrected chi connectivity index (χ0v) is 7.26. The Hall–Kier alpha value is -0.720. The predicted molar refractivity (Wildman–Crippen MR) is 45.4 cm³/mol. The number of methoxy groups -OCH3 is 1. The summed E-state index contributed by atoms with van der Waals surface area (Å²) in [5.74, 6) is 4.27. The number of allylic oxidation sites excluding steroid dienone is 4. The molecule has 1 heteroatoms. The maximum absolute atomic E-state index is 5.44. The first-order valence-electron chi connectivity index (χ1n) is 4.89. The molecule has 0 aromatic rings. The lowest BCUT2D eigenvalue weighted by Crippen LogP contribution is -2.25. The highest BCUT2D eigenvalue weighted by atomic mass is 16.5. The highest BCUT2D eigenvalue weighted by Gasteiger charge is 2.61. The van der Waals surface area contributed by atoms with Crippen LogP contribution < -0.4 is 0 Å². The van der Waals surface area contributed by atoms with E-state index in [1.165, 1.54) is 25.0 Å². The van der Waals surface area contributed by atoms with Crippen LogP contribution in [0.4, 0.5) is 0 Å². The van der Waals surface area contributed by atoms with Gasteiger partial charge in [-0.3, -0.25) is 0 Å². The second kappa shape index (κ2) is 1.50. The number of hydrogen-bond acceptors (Lipinski definition) is 1. The highest BCUT2D eigenvalue weighted by molar-refractivity contribution is 5.64. The van der Waals surface area contributed by atoms with Crippen LogP contribution in [0.5, 0.6) is 0 Å². The third kappa shape index (κ3) is 0.412. The zero-order valence-electron chi connectivity index (χ0n) is 7.26. The van der Waals surface area contributed by atoms with Gasteiger partial charge >= 0.3 is 0 Å². The normalized spacial score (nSPS) is 45.9. The first-order valence-corrected chi connectivity index (χ1v) is 4.89. The van der Waals surface area contributed by atoms with E-state index >= 15 is 0 Å². The zero-order chi connectivity index (χ0) is 7.87. The second-order valence-corrected chi connectivity index (χ2v) is 4.56. The van der Waals surface area contributed by atoms with Gasteiger partial charge in [0.05, 0.1) is 12.9 Å². The van der Waals surface area contributed by atoms with Crippen LogP contribution in [0.1, 0.15) is 19.3 Å². The largest absolute Gasteiger partial charge is 0.501 e. The Balaban J connectivity index is 1.90. The standard InChI is InChI=1S/C11H12O/c1-12-9-3-5-2-7(9)11-8-4-6(5)10(8)11/h5-6,10H,2-4H2,1H3. The van der Waals surface area contributed by atoms with Gasteiger partial charge < -0.3 is 4.74 Å². The fourth-order valence-electron chi connectivity index (χ4n) is 3.61. The van der Waals surface area contributed by atoms with Gasteiger partial charge in [-0.15, -0.1) is 0 Å². The Bertz CT molecular complexity index is 348. The Morgan fingerprint density at radius 3 is 3.00 bits per heavy atom. The maximum Gasteiger partial charge on any atom is 0.0993 e. The summed E-state index contributed by atoms with van der Waals surface area (Å²) < 4.78 is 5.44. The molecule has 3 unspecified atom stereocenters. The van der Waals surface area contributed by atoms with Crippen molar-refractivity contribution in [2.24, 2.45) is 17.8 Å². The molecule has 4 aliphatic carbocycles. The molecule has 12 heavy (non-hydrogen) atoms. The molecule has 2 saturated carbocycles. The van der Waals surface area contributed by atoms with E-state index in [2.05, 4.69) is 0 Å². The first-order chi connectivity index (χ1) is 5.90. The van der Waals surface area contributed by atoms with Gasteiger partial charge in [0.1, 0.15) is 0 Å². The fraction of sp³-hybridized carbons (Fsp3) is 0.636. The summed E-state index contributed by atoms with van der Waals surface area (Å²) in [6.07, 6.45) is 4.01. The Labute approximate surface area is 72.1 Å². The molecule has 2 bridgehead atoms. The summed E-state index contributed by atoms with van der Waals surface area (Å²) in [6, 6.07) is 0. The van der Waals surface area contributed by atoms with Crippen molar-refractivity contribution in [1.82, 2.24) is 0 Å². The third-order valence-electron chi connectivity index (χ3n) is 4.26. The van der Waals surface area contributed by atoms with Crippen LogP contribution >= 0.6 is 0 Å². The molecule has 0 aromatic heterocycles. The maximum atomic E-state index is 5.44. The molecule has 1 nitrogen and oxygen atoms in total. The topological polar surface area (TPSA) is 9.23 Å². The molecular formula is C11H12O. The summed E-state index contributed by atoms with van der Waals surface area (Å²) in [5.41, 5.74) is 5.12. The lowest BCUT2D eigenvalue weighted by molar-refractivity contribution is 0.222. The second-order valence-electron chi connectivity index (χ2n) is 4.56. The molecule has 4 aliphatic rings. The molecule has 0 aromatic carbocycles. The van der Waals surface area contributed by atoms with Gasteiger partial charge in [0.2, 0.25) is 0 Å². The van der Waals surface area contributed by atoms with E-state index < -0.39 is 0 Å². The van der Waals surface area contributed by atoms with Crippen molar-refractivity contribution in [2.45, 2.75) is 19.3 Å². The number of rotatable bonds is 1. The van der Waals surface area contributed by atoms with Gasteiger partial charge in [0.15, 0.2) is 0 Å². The minimum atomic E-state index is 0.954. The van der Waals surface area contributed by atoms with Gasteiger partial charge in [0.25, 0.3) is 0 Å². The van der Waals surface area contributed by atoms with E-state index in [1.54, 1.807) is 16.7 Å². The molecule has 2 fully saturated rings. The minimum Gasteiger partial charge on any atom is -0.501 e. The molecule has 0 saturated heterocycles. The van der Waals surface area contributed by atoms with E-state index in [-0.39, 0.29) is 0 Å². The fourth-order valence-corrected chi connectivity index (χ4v) is 3.61. The molecule has 62 valence electrons. The van der Waals surface area contributed by atoms with Crippen molar-refractivity contribution in [1.29, 1.82) is 0 Å². The van der Waals surface area contributed by atoms with Gasteiger partial charge in [-0.1, -0.05) is 5.57 Å². The van der Waals surface area contributed by atoms with Crippen molar-refractivity contribution in [3.05, 3.63) is 22.5 Å². The van der Waals surface area contributed by atoms with Gasteiger partial charge in [-0.05, 0) is 35.8 Å². The molecule has 0 amide bonds. The minimum absolute atomic E-state index is 0.954. The average Bonchev–Trinajstić information content (AvgIpc) is 2.51. The van der Waals surface area contributed by atoms with Crippen LogP contribution in [0.25, 0.3) is 0 Å². The average molecular weight is 160 g/mol. The summed E-state index contributed by atoms with van der Waals surface area (Å²) in [7, 11) is 1.83. The number of fused-ring (bicyclic) bond motifs is 4. The lowest BCUT2D eigenvalue weighted by atomic mass is 9.71. The van der Waals surface area contributed by atoms with Crippen LogP contribution in [0.2, 0.25) is 0 Å². The molecule has 0 heterocycles. The molecule has 4 rings (SSSR count).